The number of halogens is 3. The Kier molecular flexibility index (Phi) is 4.34. The van der Waals surface area contributed by atoms with Gasteiger partial charge in [0.15, 0.2) is 0 Å². The number of hydrogen-bond acceptors (Lipinski definition) is 3. The van der Waals surface area contributed by atoms with Crippen LogP contribution in [0.2, 0.25) is 0 Å². The average Bonchev–Trinajstić information content (AvgIpc) is 2.93. The molecular weight excluding hydrogens is 273 g/mol. The minimum absolute atomic E-state index is 0.100. The summed E-state index contributed by atoms with van der Waals surface area (Å²) in [7, 11) is 0. The van der Waals surface area contributed by atoms with Crippen LogP contribution in [0.4, 0.5) is 13.2 Å². The molecule has 2 aromatic rings. The van der Waals surface area contributed by atoms with Gasteiger partial charge in [-0.25, -0.2) is 0 Å². The summed E-state index contributed by atoms with van der Waals surface area (Å²) in [5, 5.41) is 9.24. The fourth-order valence-corrected chi connectivity index (χ4v) is 1.77. The van der Waals surface area contributed by atoms with Crippen molar-refractivity contribution in [1.82, 2.24) is 0 Å². The largest absolute Gasteiger partial charge is 0.492 e. The number of benzene rings is 1. The summed E-state index contributed by atoms with van der Waals surface area (Å²) in [6, 6.07) is 8.24. The third kappa shape index (κ3) is 3.33. The summed E-state index contributed by atoms with van der Waals surface area (Å²) in [6.07, 6.45) is -3.04. The van der Waals surface area contributed by atoms with Crippen LogP contribution in [0.25, 0.3) is 0 Å². The van der Waals surface area contributed by atoms with E-state index in [9.17, 15) is 18.3 Å². The zero-order valence-electron chi connectivity index (χ0n) is 10.4. The van der Waals surface area contributed by atoms with E-state index in [-0.39, 0.29) is 19.0 Å². The quantitative estimate of drug-likeness (QED) is 0.915. The number of alkyl halides is 3. The van der Waals surface area contributed by atoms with Gasteiger partial charge in [-0.2, -0.15) is 13.2 Å². The van der Waals surface area contributed by atoms with Crippen LogP contribution < -0.4 is 4.74 Å². The monoisotopic (exact) mass is 286 g/mol. The van der Waals surface area contributed by atoms with Crippen molar-refractivity contribution in [3.8, 4) is 5.75 Å². The second-order valence-corrected chi connectivity index (χ2v) is 4.20. The van der Waals surface area contributed by atoms with Crippen LogP contribution in [-0.2, 0) is 6.18 Å². The molecule has 1 N–H and O–H groups in total. The van der Waals surface area contributed by atoms with E-state index < -0.39 is 17.7 Å². The molecule has 0 aliphatic heterocycles. The molecule has 2 rings (SSSR count). The van der Waals surface area contributed by atoms with Crippen molar-refractivity contribution in [3.05, 3.63) is 54.0 Å². The predicted molar refractivity (Wildman–Crippen MR) is 65.5 cm³/mol. The fraction of sp³-hybridized carbons (Fsp3) is 0.286. The number of rotatable bonds is 5. The van der Waals surface area contributed by atoms with E-state index in [2.05, 4.69) is 0 Å². The molecule has 20 heavy (non-hydrogen) atoms. The van der Waals surface area contributed by atoms with Crippen LogP contribution in [-0.4, -0.2) is 18.3 Å². The number of aliphatic hydroxyl groups excluding tert-OH is 1. The van der Waals surface area contributed by atoms with Crippen LogP contribution in [0, 0.1) is 0 Å². The highest BCUT2D eigenvalue weighted by Gasteiger charge is 2.34. The summed E-state index contributed by atoms with van der Waals surface area (Å²) in [6.45, 7) is -0.376. The Balaban J connectivity index is 2.11. The van der Waals surface area contributed by atoms with Crippen molar-refractivity contribution >= 4 is 0 Å². The van der Waals surface area contributed by atoms with Crippen molar-refractivity contribution in [1.29, 1.82) is 0 Å². The molecule has 1 heterocycles. The highest BCUT2D eigenvalue weighted by molar-refractivity contribution is 5.35. The van der Waals surface area contributed by atoms with E-state index in [1.807, 2.05) is 0 Å². The standard InChI is InChI=1S/C14H13F3O3/c15-14(16,17)11-4-1-2-5-13(11)20-9-10(8-18)12-6-3-7-19-12/h1-7,10,18H,8-9H2. The van der Waals surface area contributed by atoms with Gasteiger partial charge in [0.25, 0.3) is 0 Å². The van der Waals surface area contributed by atoms with Crippen LogP contribution in [0.15, 0.2) is 47.1 Å². The third-order valence-corrected chi connectivity index (χ3v) is 2.80. The van der Waals surface area contributed by atoms with E-state index >= 15 is 0 Å². The smallest absolute Gasteiger partial charge is 0.419 e. The molecule has 0 radical (unpaired) electrons. The molecule has 0 amide bonds. The van der Waals surface area contributed by atoms with Crippen molar-refractivity contribution < 1.29 is 27.4 Å². The predicted octanol–water partition coefficient (Wildman–Crippen LogP) is 3.45. The Morgan fingerprint density at radius 2 is 1.90 bits per heavy atom. The molecule has 0 saturated heterocycles. The Bertz CT molecular complexity index is 535. The number of hydrogen-bond donors (Lipinski definition) is 1. The van der Waals surface area contributed by atoms with Gasteiger partial charge in [0.05, 0.1) is 24.4 Å². The number of furan rings is 1. The molecule has 1 aromatic carbocycles. The van der Waals surface area contributed by atoms with Crippen LogP contribution in [0.1, 0.15) is 17.2 Å². The minimum atomic E-state index is -4.48. The topological polar surface area (TPSA) is 42.6 Å². The second kappa shape index (κ2) is 6.00. The molecule has 0 aliphatic rings. The number of para-hydroxylation sites is 1. The normalized spacial score (nSPS) is 13.2. The van der Waals surface area contributed by atoms with Gasteiger partial charge >= 0.3 is 6.18 Å². The molecular formula is C14H13F3O3. The molecule has 0 aliphatic carbocycles. The van der Waals surface area contributed by atoms with Crippen LogP contribution in [0.3, 0.4) is 0 Å². The van der Waals surface area contributed by atoms with E-state index in [1.54, 1.807) is 12.1 Å². The van der Waals surface area contributed by atoms with Crippen molar-refractivity contribution in [2.45, 2.75) is 12.1 Å². The first-order chi connectivity index (χ1) is 9.52. The minimum Gasteiger partial charge on any atom is -0.492 e. The van der Waals surface area contributed by atoms with Gasteiger partial charge in [-0.15, -0.1) is 0 Å². The molecule has 0 saturated carbocycles. The molecule has 0 fully saturated rings. The lowest BCUT2D eigenvalue weighted by molar-refractivity contribution is -0.139. The van der Waals surface area contributed by atoms with Gasteiger partial charge in [0.1, 0.15) is 18.1 Å². The molecule has 3 nitrogen and oxygen atoms in total. The molecule has 1 atom stereocenters. The number of aliphatic hydroxyl groups is 1. The Hall–Kier alpha value is -1.95. The maximum Gasteiger partial charge on any atom is 0.419 e. The third-order valence-electron chi connectivity index (χ3n) is 2.80. The molecule has 1 unspecified atom stereocenters. The lowest BCUT2D eigenvalue weighted by Crippen LogP contribution is -2.16. The highest BCUT2D eigenvalue weighted by Crippen LogP contribution is 2.36. The lowest BCUT2D eigenvalue weighted by atomic mass is 10.1. The summed E-state index contributed by atoms with van der Waals surface area (Å²) >= 11 is 0. The summed E-state index contributed by atoms with van der Waals surface area (Å²) < 4.78 is 48.7. The molecule has 0 bridgehead atoms. The zero-order valence-corrected chi connectivity index (χ0v) is 10.4. The molecule has 0 spiro atoms. The van der Waals surface area contributed by atoms with Crippen LogP contribution in [0.5, 0.6) is 5.75 Å². The number of ether oxygens (including phenoxy) is 1. The van der Waals surface area contributed by atoms with Gasteiger partial charge < -0.3 is 14.3 Å². The molecule has 1 aromatic heterocycles. The Morgan fingerprint density at radius 3 is 2.50 bits per heavy atom. The van der Waals surface area contributed by atoms with Crippen molar-refractivity contribution in [2.24, 2.45) is 0 Å². The van der Waals surface area contributed by atoms with E-state index in [0.29, 0.717) is 5.76 Å². The van der Waals surface area contributed by atoms with E-state index in [1.165, 1.54) is 24.5 Å². The average molecular weight is 286 g/mol. The summed E-state index contributed by atoms with van der Waals surface area (Å²) in [5.74, 6) is -0.298. The Labute approximate surface area is 113 Å². The van der Waals surface area contributed by atoms with Crippen LogP contribution >= 0.6 is 0 Å². The molecule has 6 heteroatoms. The fourth-order valence-electron chi connectivity index (χ4n) is 1.77. The first kappa shape index (κ1) is 14.5. The van der Waals surface area contributed by atoms with Gasteiger partial charge in [-0.1, -0.05) is 12.1 Å². The molecule has 108 valence electrons. The van der Waals surface area contributed by atoms with Gasteiger partial charge in [0, 0.05) is 0 Å². The van der Waals surface area contributed by atoms with Gasteiger partial charge in [0.2, 0.25) is 0 Å². The van der Waals surface area contributed by atoms with Crippen molar-refractivity contribution in [3.63, 3.8) is 0 Å². The van der Waals surface area contributed by atoms with Gasteiger partial charge in [-0.05, 0) is 24.3 Å². The second-order valence-electron chi connectivity index (χ2n) is 4.20. The van der Waals surface area contributed by atoms with Crippen molar-refractivity contribution in [2.75, 3.05) is 13.2 Å². The lowest BCUT2D eigenvalue weighted by Gasteiger charge is -2.16. The van der Waals surface area contributed by atoms with Gasteiger partial charge in [-0.3, -0.25) is 0 Å². The maximum atomic E-state index is 12.8. The SMILES string of the molecule is OCC(COc1ccccc1C(F)(F)F)c1ccco1. The summed E-state index contributed by atoms with van der Waals surface area (Å²) in [4.78, 5) is 0. The van der Waals surface area contributed by atoms with E-state index in [0.717, 1.165) is 6.07 Å². The Morgan fingerprint density at radius 1 is 1.15 bits per heavy atom. The summed E-state index contributed by atoms with van der Waals surface area (Å²) in [5.41, 5.74) is -0.837. The first-order valence-electron chi connectivity index (χ1n) is 5.95. The zero-order chi connectivity index (χ0) is 14.6. The van der Waals surface area contributed by atoms with E-state index in [4.69, 9.17) is 9.15 Å². The first-order valence-corrected chi connectivity index (χ1v) is 5.95. The maximum absolute atomic E-state index is 12.8. The highest BCUT2D eigenvalue weighted by atomic mass is 19.4.